The van der Waals surface area contributed by atoms with Gasteiger partial charge in [-0.2, -0.15) is 0 Å². The molecule has 2 aromatic carbocycles. The molecule has 0 fully saturated rings. The van der Waals surface area contributed by atoms with Gasteiger partial charge in [0.05, 0.1) is 5.56 Å². The summed E-state index contributed by atoms with van der Waals surface area (Å²) in [5.74, 6) is 0.187. The molecule has 5 heteroatoms. The molecule has 0 saturated heterocycles. The molecule has 3 nitrogen and oxygen atoms in total. The van der Waals surface area contributed by atoms with Gasteiger partial charge in [0, 0.05) is 16.8 Å². The summed E-state index contributed by atoms with van der Waals surface area (Å²) in [6.45, 7) is 8.85. The van der Waals surface area contributed by atoms with Gasteiger partial charge in [0.2, 0.25) is 0 Å². The Hall–Kier alpha value is -2.79. The number of amides is 1. The lowest BCUT2D eigenvalue weighted by Crippen LogP contribution is -2.27. The van der Waals surface area contributed by atoms with Gasteiger partial charge in [-0.05, 0) is 72.4 Å². The van der Waals surface area contributed by atoms with Crippen molar-refractivity contribution in [3.63, 3.8) is 0 Å². The predicted octanol–water partition coefficient (Wildman–Crippen LogP) is 7.35. The van der Waals surface area contributed by atoms with Crippen LogP contribution in [0, 0.1) is 24.1 Å². The molecule has 1 amide bonds. The number of carbonyl (C=O) groups is 1. The van der Waals surface area contributed by atoms with Crippen molar-refractivity contribution in [3.8, 4) is 0 Å². The Morgan fingerprint density at radius 2 is 1.88 bits per heavy atom. The van der Waals surface area contributed by atoms with Crippen LogP contribution in [0.3, 0.4) is 0 Å². The molecule has 0 radical (unpaired) electrons. The van der Waals surface area contributed by atoms with Crippen molar-refractivity contribution in [1.82, 2.24) is 0 Å². The van der Waals surface area contributed by atoms with E-state index in [4.69, 9.17) is 4.99 Å². The van der Waals surface area contributed by atoms with Gasteiger partial charge in [-0.1, -0.05) is 51.1 Å². The maximum atomic E-state index is 13.4. The quantitative estimate of drug-likeness (QED) is 0.417. The van der Waals surface area contributed by atoms with Gasteiger partial charge in [-0.25, -0.2) is 9.38 Å². The molecule has 0 unspecified atom stereocenters. The number of hydrogen-bond donors (Lipinski definition) is 1. The number of benzene rings is 2. The van der Waals surface area contributed by atoms with E-state index in [0.717, 1.165) is 46.6 Å². The fourth-order valence-corrected chi connectivity index (χ4v) is 5.48. The van der Waals surface area contributed by atoms with Crippen LogP contribution >= 0.6 is 11.3 Å². The van der Waals surface area contributed by atoms with E-state index in [1.807, 2.05) is 31.2 Å². The second kappa shape index (κ2) is 8.99. The molecule has 1 atom stereocenters. The van der Waals surface area contributed by atoms with E-state index in [-0.39, 0.29) is 17.1 Å². The molecule has 3 aromatic rings. The highest BCUT2D eigenvalue weighted by molar-refractivity contribution is 7.16. The van der Waals surface area contributed by atoms with Crippen molar-refractivity contribution >= 4 is 34.1 Å². The number of halogens is 1. The Morgan fingerprint density at radius 1 is 1.16 bits per heavy atom. The van der Waals surface area contributed by atoms with Gasteiger partial charge >= 0.3 is 0 Å². The number of carbonyl (C=O) groups excluding carboxylic acids is 1. The van der Waals surface area contributed by atoms with E-state index in [1.54, 1.807) is 29.7 Å². The first kappa shape index (κ1) is 22.4. The van der Waals surface area contributed by atoms with Crippen LogP contribution in [0.1, 0.15) is 59.1 Å². The molecule has 1 heterocycles. The Labute approximate surface area is 193 Å². The van der Waals surface area contributed by atoms with Crippen LogP contribution in [-0.4, -0.2) is 12.1 Å². The second-order valence-electron chi connectivity index (χ2n) is 9.57. The molecular weight excluding hydrogens is 419 g/mol. The van der Waals surface area contributed by atoms with Crippen molar-refractivity contribution in [2.45, 2.75) is 47.0 Å². The standard InChI is InChI=1S/C27H29FN2OS/c1-17-7-5-6-8-22(17)30-25(31)24-21-14-11-19(27(2,3)4)15-23(21)32-26(24)29-16-18-9-12-20(28)13-10-18/h5-10,12-13,16,19H,11,14-15H2,1-4H3,(H,30,31)/t19-/m1/s1. The fraction of sp³-hybridized carbons (Fsp3) is 0.333. The lowest BCUT2D eigenvalue weighted by Gasteiger charge is -2.33. The van der Waals surface area contributed by atoms with E-state index >= 15 is 0 Å². The van der Waals surface area contributed by atoms with Gasteiger partial charge in [0.25, 0.3) is 5.91 Å². The van der Waals surface area contributed by atoms with Crippen LogP contribution in [0.15, 0.2) is 53.5 Å². The number of aryl methyl sites for hydroxylation is 1. The summed E-state index contributed by atoms with van der Waals surface area (Å²) in [7, 11) is 0. The molecule has 0 spiro atoms. The minimum Gasteiger partial charge on any atom is -0.322 e. The number of rotatable bonds is 4. The second-order valence-corrected chi connectivity index (χ2v) is 10.7. The van der Waals surface area contributed by atoms with Crippen molar-refractivity contribution < 1.29 is 9.18 Å². The average molecular weight is 449 g/mol. The number of nitrogens with zero attached hydrogens (tertiary/aromatic N) is 1. The first-order valence-corrected chi connectivity index (χ1v) is 11.8. The zero-order valence-electron chi connectivity index (χ0n) is 19.0. The number of fused-ring (bicyclic) bond motifs is 1. The predicted molar refractivity (Wildman–Crippen MR) is 132 cm³/mol. The Morgan fingerprint density at radius 3 is 2.56 bits per heavy atom. The normalized spacial score (nSPS) is 16.2. The van der Waals surface area contributed by atoms with Crippen molar-refractivity contribution in [2.24, 2.45) is 16.3 Å². The molecule has 0 bridgehead atoms. The summed E-state index contributed by atoms with van der Waals surface area (Å²) in [6.07, 6.45) is 4.64. The van der Waals surface area contributed by atoms with E-state index in [1.165, 1.54) is 17.0 Å². The Balaban J connectivity index is 1.71. The molecule has 0 saturated carbocycles. The van der Waals surface area contributed by atoms with Crippen molar-refractivity contribution in [1.29, 1.82) is 0 Å². The maximum Gasteiger partial charge on any atom is 0.259 e. The summed E-state index contributed by atoms with van der Waals surface area (Å²) in [4.78, 5) is 19.4. The topological polar surface area (TPSA) is 41.5 Å². The summed E-state index contributed by atoms with van der Waals surface area (Å²) in [5.41, 5.74) is 4.67. The summed E-state index contributed by atoms with van der Waals surface area (Å²) in [5, 5.41) is 3.82. The summed E-state index contributed by atoms with van der Waals surface area (Å²) >= 11 is 1.61. The van der Waals surface area contributed by atoms with Gasteiger partial charge in [-0.15, -0.1) is 11.3 Å². The number of aliphatic imine (C=N–C) groups is 1. The highest BCUT2D eigenvalue weighted by Gasteiger charge is 2.33. The maximum absolute atomic E-state index is 13.4. The van der Waals surface area contributed by atoms with Gasteiger partial charge in [0.15, 0.2) is 0 Å². The van der Waals surface area contributed by atoms with Crippen LogP contribution in [0.4, 0.5) is 15.1 Å². The molecule has 1 N–H and O–H groups in total. The first-order chi connectivity index (χ1) is 15.2. The number of anilines is 1. The Bertz CT molecular complexity index is 1160. The minimum absolute atomic E-state index is 0.114. The lowest BCUT2D eigenvalue weighted by atomic mass is 9.72. The lowest BCUT2D eigenvalue weighted by molar-refractivity contribution is 0.102. The van der Waals surface area contributed by atoms with E-state index in [9.17, 15) is 9.18 Å². The smallest absolute Gasteiger partial charge is 0.259 e. The van der Waals surface area contributed by atoms with Crippen LogP contribution < -0.4 is 5.32 Å². The third-order valence-electron chi connectivity index (χ3n) is 6.29. The Kier molecular flexibility index (Phi) is 6.29. The zero-order chi connectivity index (χ0) is 22.9. The highest BCUT2D eigenvalue weighted by Crippen LogP contribution is 2.45. The third kappa shape index (κ3) is 4.83. The monoisotopic (exact) mass is 448 g/mol. The van der Waals surface area contributed by atoms with Gasteiger partial charge < -0.3 is 5.32 Å². The molecule has 1 aliphatic rings. The van der Waals surface area contributed by atoms with Crippen LogP contribution in [0.25, 0.3) is 0 Å². The highest BCUT2D eigenvalue weighted by atomic mass is 32.1. The van der Waals surface area contributed by atoms with Crippen LogP contribution in [-0.2, 0) is 12.8 Å². The first-order valence-electron chi connectivity index (χ1n) is 11.0. The fourth-order valence-electron chi connectivity index (χ4n) is 4.22. The van der Waals surface area contributed by atoms with Crippen molar-refractivity contribution in [2.75, 3.05) is 5.32 Å². The number of nitrogens with one attached hydrogen (secondary N) is 1. The molecule has 0 aliphatic heterocycles. The van der Waals surface area contributed by atoms with Crippen LogP contribution in [0.2, 0.25) is 0 Å². The van der Waals surface area contributed by atoms with Crippen molar-refractivity contribution in [3.05, 3.63) is 81.5 Å². The summed E-state index contributed by atoms with van der Waals surface area (Å²) < 4.78 is 13.3. The van der Waals surface area contributed by atoms with Gasteiger partial charge in [0.1, 0.15) is 10.8 Å². The molecule has 32 heavy (non-hydrogen) atoms. The minimum atomic E-state index is -0.278. The van der Waals surface area contributed by atoms with E-state index in [2.05, 4.69) is 26.1 Å². The summed E-state index contributed by atoms with van der Waals surface area (Å²) in [6, 6.07) is 14.0. The molecular formula is C27H29FN2OS. The molecule has 1 aliphatic carbocycles. The largest absolute Gasteiger partial charge is 0.322 e. The molecule has 1 aromatic heterocycles. The molecule has 4 rings (SSSR count). The van der Waals surface area contributed by atoms with Gasteiger partial charge in [-0.3, -0.25) is 4.79 Å². The third-order valence-corrected chi connectivity index (χ3v) is 7.46. The van der Waals surface area contributed by atoms with Crippen LogP contribution in [0.5, 0.6) is 0 Å². The SMILES string of the molecule is Cc1ccccc1NC(=O)c1c(N=Cc2ccc(F)cc2)sc2c1CC[C@@H](C(C)(C)C)C2. The molecule has 166 valence electrons. The average Bonchev–Trinajstić information content (AvgIpc) is 3.12. The number of para-hydroxylation sites is 1. The zero-order valence-corrected chi connectivity index (χ0v) is 19.9. The van der Waals surface area contributed by atoms with E-state index < -0.39 is 0 Å². The number of thiophene rings is 1. The number of hydrogen-bond acceptors (Lipinski definition) is 3. The van der Waals surface area contributed by atoms with E-state index in [0.29, 0.717) is 11.5 Å².